The molecule has 0 bridgehead atoms. The second-order valence-corrected chi connectivity index (χ2v) is 10.7. The van der Waals surface area contributed by atoms with Crippen molar-refractivity contribution in [2.75, 3.05) is 0 Å². The Hall–Kier alpha value is -4.05. The molecule has 4 aromatic rings. The van der Waals surface area contributed by atoms with Crippen LogP contribution in [0.15, 0.2) is 101 Å². The Morgan fingerprint density at radius 2 is 1.77 bits per heavy atom. The van der Waals surface area contributed by atoms with Gasteiger partial charge in [-0.15, -0.1) is 0 Å². The molecule has 196 valence electrons. The number of fused-ring (bicyclic) bond motifs is 7. The summed E-state index contributed by atoms with van der Waals surface area (Å²) in [5.74, 6) is 0.710. The number of hydrogen-bond donors (Lipinski definition) is 0. The highest BCUT2D eigenvalue weighted by Crippen LogP contribution is 2.39. The van der Waals surface area contributed by atoms with Crippen molar-refractivity contribution in [2.45, 2.75) is 63.8 Å². The Bertz CT molecular complexity index is 1680. The summed E-state index contributed by atoms with van der Waals surface area (Å²) in [6.45, 7) is 16.9. The summed E-state index contributed by atoms with van der Waals surface area (Å²) < 4.78 is 6.38. The average Bonchev–Trinajstić information content (AvgIpc) is 3.31. The molecule has 2 aromatic heterocycles. The summed E-state index contributed by atoms with van der Waals surface area (Å²) in [6, 6.07) is 17.4. The molecule has 4 nitrogen and oxygen atoms in total. The van der Waals surface area contributed by atoms with Crippen LogP contribution in [0.5, 0.6) is 0 Å². The van der Waals surface area contributed by atoms with E-state index >= 15 is 0 Å². The minimum Gasteiger partial charge on any atom is -0.438 e. The number of pyridine rings is 1. The smallest absolute Gasteiger partial charge is 0.227 e. The maximum absolute atomic E-state index is 6.38. The fourth-order valence-corrected chi connectivity index (χ4v) is 6.42. The zero-order valence-electron chi connectivity index (χ0n) is 22.9. The molecule has 2 aliphatic rings. The number of aliphatic imine (C=N–C) groups is 2. The van der Waals surface area contributed by atoms with Crippen molar-refractivity contribution in [3.8, 4) is 0 Å². The molecule has 2 aliphatic heterocycles. The summed E-state index contributed by atoms with van der Waals surface area (Å²) >= 11 is 0. The van der Waals surface area contributed by atoms with Gasteiger partial charge in [-0.1, -0.05) is 57.8 Å². The zero-order chi connectivity index (χ0) is 27.1. The van der Waals surface area contributed by atoms with E-state index in [9.17, 15) is 0 Å². The highest BCUT2D eigenvalue weighted by atomic mass is 16.3. The Morgan fingerprint density at radius 1 is 0.974 bits per heavy atom. The fourth-order valence-electron chi connectivity index (χ4n) is 6.42. The Balaban J connectivity index is 1.49. The number of rotatable bonds is 5. The van der Waals surface area contributed by atoms with Gasteiger partial charge >= 0.3 is 0 Å². The molecule has 0 amide bonds. The van der Waals surface area contributed by atoms with Crippen LogP contribution < -0.4 is 0 Å². The molecular formula is C35H35N3O. The van der Waals surface area contributed by atoms with Gasteiger partial charge in [0.2, 0.25) is 5.71 Å². The van der Waals surface area contributed by atoms with Crippen LogP contribution in [-0.4, -0.2) is 22.4 Å². The normalized spacial score (nSPS) is 20.5. The number of allylic oxidation sites excluding steroid dienone is 2. The average molecular weight is 514 g/mol. The van der Waals surface area contributed by atoms with E-state index in [1.165, 1.54) is 16.7 Å². The molecule has 2 aromatic carbocycles. The minimum atomic E-state index is 0.0689. The molecule has 4 heterocycles. The number of benzene rings is 2. The second kappa shape index (κ2) is 10.3. The van der Waals surface area contributed by atoms with Gasteiger partial charge < -0.3 is 4.42 Å². The predicted octanol–water partition coefficient (Wildman–Crippen LogP) is 8.85. The first kappa shape index (κ1) is 25.2. The van der Waals surface area contributed by atoms with Gasteiger partial charge in [0.15, 0.2) is 0 Å². The number of furan rings is 1. The number of aromatic nitrogens is 1. The van der Waals surface area contributed by atoms with Gasteiger partial charge in [0.25, 0.3) is 0 Å². The molecule has 0 spiro atoms. The minimum absolute atomic E-state index is 0.0689. The lowest BCUT2D eigenvalue weighted by Gasteiger charge is -2.32. The van der Waals surface area contributed by atoms with Crippen LogP contribution in [0.4, 0.5) is 0 Å². The molecule has 2 atom stereocenters. The second-order valence-electron chi connectivity index (χ2n) is 10.7. The van der Waals surface area contributed by atoms with Crippen molar-refractivity contribution in [1.82, 2.24) is 4.98 Å². The lowest BCUT2D eigenvalue weighted by Crippen LogP contribution is -2.27. The lowest BCUT2D eigenvalue weighted by molar-refractivity contribution is 0.490. The van der Waals surface area contributed by atoms with Gasteiger partial charge in [0, 0.05) is 51.5 Å². The van der Waals surface area contributed by atoms with Gasteiger partial charge in [0.1, 0.15) is 5.58 Å². The zero-order valence-corrected chi connectivity index (χ0v) is 22.9. The summed E-state index contributed by atoms with van der Waals surface area (Å²) in [5, 5.41) is 2.10. The highest BCUT2D eigenvalue weighted by Gasteiger charge is 2.31. The summed E-state index contributed by atoms with van der Waals surface area (Å²) in [5.41, 5.74) is 10.1. The largest absolute Gasteiger partial charge is 0.438 e. The molecule has 0 N–H and O–H groups in total. The van der Waals surface area contributed by atoms with Crippen LogP contribution in [-0.2, 0) is 6.42 Å². The quantitative estimate of drug-likeness (QED) is 0.268. The van der Waals surface area contributed by atoms with Crippen molar-refractivity contribution in [2.24, 2.45) is 9.98 Å². The number of aryl methyl sites for hydroxylation is 1. The van der Waals surface area contributed by atoms with Crippen LogP contribution in [0, 0.1) is 0 Å². The molecule has 0 saturated carbocycles. The predicted molar refractivity (Wildman–Crippen MR) is 163 cm³/mol. The molecule has 0 saturated heterocycles. The maximum Gasteiger partial charge on any atom is 0.227 e. The Labute approximate surface area is 230 Å². The van der Waals surface area contributed by atoms with Crippen LogP contribution >= 0.6 is 0 Å². The number of hydrogen-bond acceptors (Lipinski definition) is 4. The standard InChI is InChI=1S/C35H35N3O/c1-6-22(7-2)32-17-16-27-29-20-28-23(19-34(29)39-35(27)38-32)14-15-26-24-12-10-11-13-25(24)30(8-3)37-33(26)18-21(5)36-31(28)9-4/h8-13,16-17,19-20,22,26,33H,3-7,14-15,18H2,1-2H3/b36-31-. The van der Waals surface area contributed by atoms with Crippen LogP contribution in [0.1, 0.15) is 79.3 Å². The molecule has 4 heteroatoms. The van der Waals surface area contributed by atoms with Crippen molar-refractivity contribution in [3.05, 3.63) is 114 Å². The summed E-state index contributed by atoms with van der Waals surface area (Å²) in [7, 11) is 0. The van der Waals surface area contributed by atoms with Crippen LogP contribution in [0.25, 0.3) is 22.1 Å². The van der Waals surface area contributed by atoms with Crippen LogP contribution in [0.2, 0.25) is 0 Å². The van der Waals surface area contributed by atoms with Crippen molar-refractivity contribution < 1.29 is 4.42 Å². The molecular weight excluding hydrogens is 478 g/mol. The van der Waals surface area contributed by atoms with E-state index in [1.54, 1.807) is 0 Å². The Kier molecular flexibility index (Phi) is 6.64. The van der Waals surface area contributed by atoms with E-state index in [2.05, 4.69) is 82.1 Å². The van der Waals surface area contributed by atoms with E-state index in [-0.39, 0.29) is 12.0 Å². The van der Waals surface area contributed by atoms with E-state index in [1.807, 2.05) is 12.2 Å². The van der Waals surface area contributed by atoms with Gasteiger partial charge in [-0.3, -0.25) is 9.98 Å². The third kappa shape index (κ3) is 4.38. The number of nitrogens with zero attached hydrogens (tertiary/aromatic N) is 3. The molecule has 0 radical (unpaired) electrons. The van der Waals surface area contributed by atoms with E-state index < -0.39 is 0 Å². The van der Waals surface area contributed by atoms with Crippen molar-refractivity contribution in [3.63, 3.8) is 0 Å². The van der Waals surface area contributed by atoms with Gasteiger partial charge in [-0.2, -0.15) is 0 Å². The van der Waals surface area contributed by atoms with E-state index in [4.69, 9.17) is 19.4 Å². The first-order chi connectivity index (χ1) is 19.0. The summed E-state index contributed by atoms with van der Waals surface area (Å²) in [4.78, 5) is 15.1. The van der Waals surface area contributed by atoms with Gasteiger partial charge in [-0.05, 0) is 73.2 Å². The highest BCUT2D eigenvalue weighted by molar-refractivity contribution is 6.14. The summed E-state index contributed by atoms with van der Waals surface area (Å²) in [6.07, 6.45) is 8.38. The van der Waals surface area contributed by atoms with E-state index in [0.29, 0.717) is 18.1 Å². The maximum atomic E-state index is 6.38. The third-order valence-corrected chi connectivity index (χ3v) is 8.50. The van der Waals surface area contributed by atoms with Crippen molar-refractivity contribution >= 4 is 33.5 Å². The monoisotopic (exact) mass is 513 g/mol. The third-order valence-electron chi connectivity index (χ3n) is 8.50. The van der Waals surface area contributed by atoms with Crippen molar-refractivity contribution in [1.29, 1.82) is 0 Å². The first-order valence-corrected chi connectivity index (χ1v) is 14.1. The van der Waals surface area contributed by atoms with E-state index in [0.717, 1.165) is 70.4 Å². The molecule has 0 aliphatic carbocycles. The fraction of sp³-hybridized carbons (Fsp3) is 0.286. The molecule has 6 rings (SSSR count). The Morgan fingerprint density at radius 3 is 2.54 bits per heavy atom. The lowest BCUT2D eigenvalue weighted by atomic mass is 9.78. The molecule has 2 unspecified atom stereocenters. The topological polar surface area (TPSA) is 50.8 Å². The van der Waals surface area contributed by atoms with Gasteiger partial charge in [0.05, 0.1) is 17.5 Å². The van der Waals surface area contributed by atoms with Gasteiger partial charge in [-0.25, -0.2) is 4.98 Å². The van der Waals surface area contributed by atoms with Crippen LogP contribution in [0.3, 0.4) is 0 Å². The SMILES string of the molecule is C=CC1=NC2CC(=C)/N=C(/C=C)c3cc4c(cc3CCC2c2ccccc21)oc1nc(C(CC)CC)ccc14. The first-order valence-electron chi connectivity index (χ1n) is 14.1. The molecule has 0 fully saturated rings. The molecule has 39 heavy (non-hydrogen) atoms.